The fourth-order valence-corrected chi connectivity index (χ4v) is 2.92. The van der Waals surface area contributed by atoms with Gasteiger partial charge in [-0.05, 0) is 42.2 Å². The molecule has 0 fully saturated rings. The average molecular weight is 275 g/mol. The smallest absolute Gasteiger partial charge is 0.159 e. The van der Waals surface area contributed by atoms with Gasteiger partial charge in [-0.15, -0.1) is 0 Å². The quantitative estimate of drug-likeness (QED) is 0.668. The van der Waals surface area contributed by atoms with Gasteiger partial charge >= 0.3 is 0 Å². The van der Waals surface area contributed by atoms with Gasteiger partial charge in [-0.2, -0.15) is 0 Å². The van der Waals surface area contributed by atoms with Crippen molar-refractivity contribution in [2.45, 2.75) is 24.8 Å². The van der Waals surface area contributed by atoms with Crippen molar-refractivity contribution in [3.05, 3.63) is 65.0 Å². The van der Waals surface area contributed by atoms with E-state index < -0.39 is 11.6 Å². The van der Waals surface area contributed by atoms with Gasteiger partial charge in [0, 0.05) is 17.8 Å². The van der Waals surface area contributed by atoms with Crippen LogP contribution in [0.2, 0.25) is 0 Å². The third kappa shape index (κ3) is 2.19. The maximum absolute atomic E-state index is 13.4. The Morgan fingerprint density at radius 2 is 2.10 bits per heavy atom. The number of hydrogen-bond acceptors (Lipinski definition) is 3. The number of fused-ring (bicyclic) bond motifs is 1. The van der Waals surface area contributed by atoms with Gasteiger partial charge in [-0.25, -0.2) is 8.78 Å². The lowest BCUT2D eigenvalue weighted by atomic mass is 9.91. The molecule has 0 amide bonds. The predicted molar refractivity (Wildman–Crippen MR) is 71.7 cm³/mol. The van der Waals surface area contributed by atoms with Crippen LogP contribution in [0.3, 0.4) is 0 Å². The Morgan fingerprint density at radius 1 is 1.25 bits per heavy atom. The first-order chi connectivity index (χ1) is 9.70. The molecule has 0 aliphatic heterocycles. The number of aromatic nitrogens is 1. The highest BCUT2D eigenvalue weighted by atomic mass is 19.2. The van der Waals surface area contributed by atoms with Crippen molar-refractivity contribution in [3.63, 3.8) is 0 Å². The van der Waals surface area contributed by atoms with Crippen molar-refractivity contribution in [2.75, 3.05) is 0 Å². The minimum Gasteiger partial charge on any atom is -0.271 e. The second-order valence-corrected chi connectivity index (χ2v) is 5.01. The molecule has 20 heavy (non-hydrogen) atoms. The molecule has 3 rings (SSSR count). The summed E-state index contributed by atoms with van der Waals surface area (Å²) in [5.74, 6) is 3.99. The molecule has 0 spiro atoms. The number of hydrazine groups is 1. The second kappa shape index (κ2) is 5.26. The third-order valence-electron chi connectivity index (χ3n) is 3.89. The van der Waals surface area contributed by atoms with Crippen LogP contribution in [0.1, 0.15) is 35.2 Å². The summed E-state index contributed by atoms with van der Waals surface area (Å²) in [4.78, 5) is 4.41. The Morgan fingerprint density at radius 3 is 2.85 bits per heavy atom. The standard InChI is InChI=1S/C15H15F2N3/c16-12-6-4-10(8-13(12)17)15(20-18)11-5-3-9-2-1-7-19-14(9)11/h1-2,4,6-8,11,15,20H,3,5,18H2. The SMILES string of the molecule is NNC(c1ccc(F)c(F)c1)C1CCc2cccnc21. The van der Waals surface area contributed by atoms with Gasteiger partial charge in [0.1, 0.15) is 0 Å². The number of halogens is 2. The lowest BCUT2D eigenvalue weighted by molar-refractivity contribution is 0.440. The minimum atomic E-state index is -0.859. The molecule has 2 atom stereocenters. The molecular formula is C15H15F2N3. The van der Waals surface area contributed by atoms with Crippen LogP contribution in [0.5, 0.6) is 0 Å². The largest absolute Gasteiger partial charge is 0.271 e. The Hall–Kier alpha value is -1.85. The number of aryl methyl sites for hydroxylation is 1. The summed E-state index contributed by atoms with van der Waals surface area (Å²) < 4.78 is 26.4. The van der Waals surface area contributed by atoms with Crippen LogP contribution >= 0.6 is 0 Å². The molecular weight excluding hydrogens is 260 g/mol. The van der Waals surface area contributed by atoms with Gasteiger partial charge in [-0.3, -0.25) is 16.3 Å². The summed E-state index contributed by atoms with van der Waals surface area (Å²) in [7, 11) is 0. The fraction of sp³-hybridized carbons (Fsp3) is 0.267. The zero-order chi connectivity index (χ0) is 14.1. The lowest BCUT2D eigenvalue weighted by Crippen LogP contribution is -2.32. The first-order valence-corrected chi connectivity index (χ1v) is 6.55. The fourth-order valence-electron chi connectivity index (χ4n) is 2.92. The van der Waals surface area contributed by atoms with E-state index in [1.54, 1.807) is 12.3 Å². The minimum absolute atomic E-state index is 0.0704. The molecule has 5 heteroatoms. The van der Waals surface area contributed by atoms with Gasteiger partial charge in [0.2, 0.25) is 0 Å². The van der Waals surface area contributed by atoms with Crippen molar-refractivity contribution < 1.29 is 8.78 Å². The van der Waals surface area contributed by atoms with E-state index in [1.807, 2.05) is 12.1 Å². The van der Waals surface area contributed by atoms with E-state index in [1.165, 1.54) is 11.6 Å². The monoisotopic (exact) mass is 275 g/mol. The van der Waals surface area contributed by atoms with Crippen molar-refractivity contribution >= 4 is 0 Å². The van der Waals surface area contributed by atoms with Gasteiger partial charge in [0.25, 0.3) is 0 Å². The maximum atomic E-state index is 13.4. The van der Waals surface area contributed by atoms with Crippen molar-refractivity contribution in [3.8, 4) is 0 Å². The number of hydrogen-bond donors (Lipinski definition) is 2. The summed E-state index contributed by atoms with van der Waals surface area (Å²) >= 11 is 0. The molecule has 1 aliphatic rings. The number of rotatable bonds is 3. The van der Waals surface area contributed by atoms with Crippen LogP contribution in [0.25, 0.3) is 0 Å². The molecule has 3 nitrogen and oxygen atoms in total. The van der Waals surface area contributed by atoms with Gasteiger partial charge in [-0.1, -0.05) is 12.1 Å². The Labute approximate surface area is 115 Å². The highest BCUT2D eigenvalue weighted by molar-refractivity contribution is 5.33. The van der Waals surface area contributed by atoms with E-state index in [0.29, 0.717) is 5.56 Å². The van der Waals surface area contributed by atoms with Crippen molar-refractivity contribution in [1.29, 1.82) is 0 Å². The number of pyridine rings is 1. The van der Waals surface area contributed by atoms with E-state index in [9.17, 15) is 8.78 Å². The summed E-state index contributed by atoms with van der Waals surface area (Å²) in [5, 5.41) is 0. The summed E-state index contributed by atoms with van der Waals surface area (Å²) in [6.07, 6.45) is 3.56. The van der Waals surface area contributed by atoms with E-state index in [0.717, 1.165) is 24.6 Å². The van der Waals surface area contributed by atoms with Gasteiger partial charge < -0.3 is 0 Å². The van der Waals surface area contributed by atoms with Crippen LogP contribution in [0.15, 0.2) is 36.5 Å². The zero-order valence-corrected chi connectivity index (χ0v) is 10.8. The molecule has 0 saturated heterocycles. The highest BCUT2D eigenvalue weighted by Gasteiger charge is 2.31. The van der Waals surface area contributed by atoms with Gasteiger partial charge in [0.15, 0.2) is 11.6 Å². The van der Waals surface area contributed by atoms with E-state index in [2.05, 4.69) is 10.4 Å². The second-order valence-electron chi connectivity index (χ2n) is 5.01. The van der Waals surface area contributed by atoms with Crippen LogP contribution in [-0.2, 0) is 6.42 Å². The Bertz CT molecular complexity index is 630. The number of benzene rings is 1. The van der Waals surface area contributed by atoms with Crippen molar-refractivity contribution in [1.82, 2.24) is 10.4 Å². The molecule has 2 unspecified atom stereocenters. The average Bonchev–Trinajstić information content (AvgIpc) is 2.88. The zero-order valence-electron chi connectivity index (χ0n) is 10.8. The molecule has 1 aromatic carbocycles. The van der Waals surface area contributed by atoms with Crippen molar-refractivity contribution in [2.24, 2.45) is 5.84 Å². The topological polar surface area (TPSA) is 50.9 Å². The predicted octanol–water partition coefficient (Wildman–Crippen LogP) is 2.59. The maximum Gasteiger partial charge on any atom is 0.159 e. The molecule has 1 aliphatic carbocycles. The molecule has 0 radical (unpaired) electrons. The molecule has 3 N–H and O–H groups in total. The highest BCUT2D eigenvalue weighted by Crippen LogP contribution is 2.40. The number of nitrogens with one attached hydrogen (secondary N) is 1. The van der Waals surface area contributed by atoms with Crippen LogP contribution in [0.4, 0.5) is 8.78 Å². The van der Waals surface area contributed by atoms with E-state index in [4.69, 9.17) is 5.84 Å². The Kier molecular flexibility index (Phi) is 3.46. The summed E-state index contributed by atoms with van der Waals surface area (Å²) in [6, 6.07) is 7.56. The molecule has 2 aromatic rings. The third-order valence-corrected chi connectivity index (χ3v) is 3.89. The molecule has 1 heterocycles. The van der Waals surface area contributed by atoms with Gasteiger partial charge in [0.05, 0.1) is 6.04 Å². The summed E-state index contributed by atoms with van der Waals surface area (Å²) in [5.41, 5.74) is 5.53. The number of nitrogens with zero attached hydrogens (tertiary/aromatic N) is 1. The lowest BCUT2D eigenvalue weighted by Gasteiger charge is -2.23. The molecule has 1 aromatic heterocycles. The first kappa shape index (κ1) is 13.1. The van der Waals surface area contributed by atoms with E-state index >= 15 is 0 Å². The summed E-state index contributed by atoms with van der Waals surface area (Å²) in [6.45, 7) is 0. The molecule has 104 valence electrons. The first-order valence-electron chi connectivity index (χ1n) is 6.55. The molecule has 0 saturated carbocycles. The normalized spacial score (nSPS) is 18.9. The number of nitrogens with two attached hydrogens (primary N) is 1. The van der Waals surface area contributed by atoms with Crippen LogP contribution < -0.4 is 11.3 Å². The Balaban J connectivity index is 1.97. The van der Waals surface area contributed by atoms with E-state index in [-0.39, 0.29) is 12.0 Å². The van der Waals surface area contributed by atoms with Crippen LogP contribution in [0, 0.1) is 11.6 Å². The molecule has 0 bridgehead atoms. The van der Waals surface area contributed by atoms with Crippen LogP contribution in [-0.4, -0.2) is 4.98 Å².